The Balaban J connectivity index is 1.77. The maximum Gasteiger partial charge on any atom is 0.198 e. The first-order valence-corrected chi connectivity index (χ1v) is 8.05. The molecule has 0 unspecified atom stereocenters. The molecule has 4 aromatic rings. The molecule has 0 atom stereocenters. The van der Waals surface area contributed by atoms with E-state index in [0.717, 1.165) is 16.8 Å². The highest BCUT2D eigenvalue weighted by Gasteiger charge is 2.18. The zero-order valence-electron chi connectivity index (χ0n) is 14.0. The molecule has 128 valence electrons. The molecule has 0 saturated carbocycles. The number of ketones is 1. The fourth-order valence-electron chi connectivity index (χ4n) is 2.80. The van der Waals surface area contributed by atoms with Crippen LogP contribution in [0.3, 0.4) is 0 Å². The number of anilines is 1. The summed E-state index contributed by atoms with van der Waals surface area (Å²) in [6.07, 6.45) is 2.96. The summed E-state index contributed by atoms with van der Waals surface area (Å²) in [4.78, 5) is 16.9. The molecule has 2 heterocycles. The molecule has 0 aliphatic heterocycles. The first-order valence-electron chi connectivity index (χ1n) is 8.05. The van der Waals surface area contributed by atoms with E-state index in [-0.39, 0.29) is 5.78 Å². The molecule has 2 aromatic heterocycles. The monoisotopic (exact) mass is 344 g/mol. The van der Waals surface area contributed by atoms with Crippen molar-refractivity contribution in [3.8, 4) is 17.1 Å². The van der Waals surface area contributed by atoms with E-state index in [1.807, 2.05) is 43.3 Å². The third kappa shape index (κ3) is 2.65. The van der Waals surface area contributed by atoms with Crippen LogP contribution in [0.5, 0.6) is 0 Å². The number of carbonyl (C=O) groups excluding carboxylic acids is 1. The summed E-state index contributed by atoms with van der Waals surface area (Å²) in [7, 11) is 0. The molecule has 3 N–H and O–H groups in total. The molecular formula is C19H16N6O. The second kappa shape index (κ2) is 6.29. The number of aryl methyl sites for hydroxylation is 1. The predicted octanol–water partition coefficient (Wildman–Crippen LogP) is 2.78. The number of H-pyrrole nitrogens is 1. The molecule has 26 heavy (non-hydrogen) atoms. The molecule has 0 bridgehead atoms. The van der Waals surface area contributed by atoms with E-state index in [2.05, 4.69) is 20.3 Å². The van der Waals surface area contributed by atoms with Crippen LogP contribution < -0.4 is 5.73 Å². The molecule has 0 radical (unpaired) electrons. The maximum absolute atomic E-state index is 12.7. The van der Waals surface area contributed by atoms with Crippen molar-refractivity contribution in [2.24, 2.45) is 0 Å². The van der Waals surface area contributed by atoms with Gasteiger partial charge in [-0.05, 0) is 18.6 Å². The molecule has 0 aliphatic carbocycles. The molecule has 0 amide bonds. The molecular weight excluding hydrogens is 328 g/mol. The van der Waals surface area contributed by atoms with Gasteiger partial charge in [-0.1, -0.05) is 42.5 Å². The van der Waals surface area contributed by atoms with Crippen LogP contribution >= 0.6 is 0 Å². The van der Waals surface area contributed by atoms with Crippen molar-refractivity contribution < 1.29 is 4.79 Å². The van der Waals surface area contributed by atoms with Gasteiger partial charge < -0.3 is 5.73 Å². The maximum atomic E-state index is 12.7. The lowest BCUT2D eigenvalue weighted by Crippen LogP contribution is -2.08. The number of nitrogens with zero attached hydrogens (tertiary/aromatic N) is 4. The van der Waals surface area contributed by atoms with Gasteiger partial charge in [-0.25, -0.2) is 9.67 Å². The average molecular weight is 344 g/mol. The van der Waals surface area contributed by atoms with Crippen LogP contribution in [0.2, 0.25) is 0 Å². The minimum Gasteiger partial charge on any atom is -0.383 e. The van der Waals surface area contributed by atoms with Gasteiger partial charge in [0.25, 0.3) is 0 Å². The quantitative estimate of drug-likeness (QED) is 0.554. The van der Waals surface area contributed by atoms with E-state index in [1.165, 1.54) is 12.5 Å². The largest absolute Gasteiger partial charge is 0.383 e. The Kier molecular flexibility index (Phi) is 3.81. The standard InChI is InChI=1S/C19H16N6O/c1-12-7-8-14(19-21-11-22-24-19)9-16(12)25-18(20)15(10-23-25)17(26)13-5-3-2-4-6-13/h2-11H,20H2,1H3,(H,21,22,24). The third-order valence-electron chi connectivity index (χ3n) is 4.21. The summed E-state index contributed by atoms with van der Waals surface area (Å²) in [5, 5.41) is 11.0. The summed E-state index contributed by atoms with van der Waals surface area (Å²) in [5.74, 6) is 0.799. The second-order valence-electron chi connectivity index (χ2n) is 5.89. The van der Waals surface area contributed by atoms with Crippen molar-refractivity contribution in [3.63, 3.8) is 0 Å². The Hall–Kier alpha value is -3.74. The predicted molar refractivity (Wildman–Crippen MR) is 98.0 cm³/mol. The van der Waals surface area contributed by atoms with E-state index < -0.39 is 0 Å². The van der Waals surface area contributed by atoms with Crippen molar-refractivity contribution in [2.45, 2.75) is 6.92 Å². The molecule has 7 heteroatoms. The van der Waals surface area contributed by atoms with Crippen LogP contribution in [0.15, 0.2) is 61.1 Å². The molecule has 0 fully saturated rings. The number of aromatic nitrogens is 5. The van der Waals surface area contributed by atoms with Crippen LogP contribution in [0.4, 0.5) is 5.82 Å². The van der Waals surface area contributed by atoms with Crippen molar-refractivity contribution in [3.05, 3.63) is 77.7 Å². The fourth-order valence-corrected chi connectivity index (χ4v) is 2.80. The Bertz CT molecular complexity index is 1070. The minimum atomic E-state index is -0.154. The number of nitrogen functional groups attached to an aromatic ring is 1. The van der Waals surface area contributed by atoms with Gasteiger partial charge in [-0.15, -0.1) is 0 Å². The van der Waals surface area contributed by atoms with Gasteiger partial charge in [-0.2, -0.15) is 10.2 Å². The Labute approximate surface area is 149 Å². The van der Waals surface area contributed by atoms with Crippen molar-refractivity contribution in [1.82, 2.24) is 25.0 Å². The van der Waals surface area contributed by atoms with Gasteiger partial charge in [0.2, 0.25) is 0 Å². The number of hydrogen-bond donors (Lipinski definition) is 2. The number of nitrogens with two attached hydrogens (primary N) is 1. The first kappa shape index (κ1) is 15.8. The lowest BCUT2D eigenvalue weighted by Gasteiger charge is -2.10. The highest BCUT2D eigenvalue weighted by molar-refractivity contribution is 6.11. The van der Waals surface area contributed by atoms with E-state index in [1.54, 1.807) is 16.8 Å². The minimum absolute atomic E-state index is 0.154. The molecule has 0 spiro atoms. The average Bonchev–Trinajstić information content (AvgIpc) is 3.33. The smallest absolute Gasteiger partial charge is 0.198 e. The normalized spacial score (nSPS) is 10.8. The van der Waals surface area contributed by atoms with Crippen LogP contribution in [0.25, 0.3) is 17.1 Å². The summed E-state index contributed by atoms with van der Waals surface area (Å²) in [6.45, 7) is 1.96. The summed E-state index contributed by atoms with van der Waals surface area (Å²) in [6, 6.07) is 14.8. The van der Waals surface area contributed by atoms with Gasteiger partial charge >= 0.3 is 0 Å². The summed E-state index contributed by atoms with van der Waals surface area (Å²) in [5.41, 5.74) is 9.82. The van der Waals surface area contributed by atoms with Crippen LogP contribution in [0.1, 0.15) is 21.5 Å². The molecule has 0 aliphatic rings. The number of benzene rings is 2. The Morgan fingerprint density at radius 2 is 1.96 bits per heavy atom. The van der Waals surface area contributed by atoms with Crippen LogP contribution in [0, 0.1) is 6.92 Å². The molecule has 2 aromatic carbocycles. The number of nitrogens with one attached hydrogen (secondary N) is 1. The van der Waals surface area contributed by atoms with E-state index >= 15 is 0 Å². The highest BCUT2D eigenvalue weighted by Crippen LogP contribution is 2.26. The van der Waals surface area contributed by atoms with E-state index in [9.17, 15) is 4.79 Å². The zero-order valence-corrected chi connectivity index (χ0v) is 14.0. The molecule has 7 nitrogen and oxygen atoms in total. The van der Waals surface area contributed by atoms with Gasteiger partial charge in [0.05, 0.1) is 17.4 Å². The highest BCUT2D eigenvalue weighted by atomic mass is 16.1. The number of hydrogen-bond acceptors (Lipinski definition) is 5. The van der Waals surface area contributed by atoms with Crippen LogP contribution in [-0.4, -0.2) is 30.7 Å². The number of rotatable bonds is 4. The van der Waals surface area contributed by atoms with E-state index in [4.69, 9.17) is 5.73 Å². The van der Waals surface area contributed by atoms with Gasteiger partial charge in [0.1, 0.15) is 12.1 Å². The SMILES string of the molecule is Cc1ccc(-c2ncn[nH]2)cc1-n1ncc(C(=O)c2ccccc2)c1N. The van der Waals surface area contributed by atoms with E-state index in [0.29, 0.717) is 22.8 Å². The second-order valence-corrected chi connectivity index (χ2v) is 5.89. The van der Waals surface area contributed by atoms with Gasteiger partial charge in [0, 0.05) is 11.1 Å². The lowest BCUT2D eigenvalue weighted by atomic mass is 10.1. The van der Waals surface area contributed by atoms with Crippen LogP contribution in [-0.2, 0) is 0 Å². The van der Waals surface area contributed by atoms with Crippen molar-refractivity contribution in [1.29, 1.82) is 0 Å². The third-order valence-corrected chi connectivity index (χ3v) is 4.21. The molecule has 4 rings (SSSR count). The zero-order chi connectivity index (χ0) is 18.1. The van der Waals surface area contributed by atoms with Crippen molar-refractivity contribution in [2.75, 3.05) is 5.73 Å². The summed E-state index contributed by atoms with van der Waals surface area (Å²) < 4.78 is 1.57. The van der Waals surface area contributed by atoms with Gasteiger partial charge in [0.15, 0.2) is 11.6 Å². The number of carbonyl (C=O) groups is 1. The Morgan fingerprint density at radius 3 is 2.69 bits per heavy atom. The molecule has 0 saturated heterocycles. The first-order chi connectivity index (χ1) is 12.6. The van der Waals surface area contributed by atoms with Gasteiger partial charge in [-0.3, -0.25) is 9.89 Å². The lowest BCUT2D eigenvalue weighted by molar-refractivity contribution is 0.103. The number of aromatic amines is 1. The topological polar surface area (TPSA) is 102 Å². The Morgan fingerprint density at radius 1 is 1.15 bits per heavy atom. The van der Waals surface area contributed by atoms with Crippen molar-refractivity contribution >= 4 is 11.6 Å². The summed E-state index contributed by atoms with van der Waals surface area (Å²) >= 11 is 0. The fraction of sp³-hybridized carbons (Fsp3) is 0.0526.